The number of amides is 4. The average Bonchev–Trinajstić information content (AvgIpc) is 3.38. The molecule has 152 valence electrons. The number of nitrogens with zero attached hydrogens (tertiary/aromatic N) is 3. The summed E-state index contributed by atoms with van der Waals surface area (Å²) in [6, 6.07) is -0.704. The summed E-state index contributed by atoms with van der Waals surface area (Å²) in [5.41, 5.74) is 5.03. The minimum Gasteiger partial charge on any atom is -0.374 e. The summed E-state index contributed by atoms with van der Waals surface area (Å²) < 4.78 is 5.88. The predicted molar refractivity (Wildman–Crippen MR) is 98.8 cm³/mol. The van der Waals surface area contributed by atoms with E-state index in [1.807, 2.05) is 19.0 Å². The molecule has 3 fully saturated rings. The number of primary amides is 1. The number of urea groups is 1. The maximum absolute atomic E-state index is 13.0. The third-order valence-corrected chi connectivity index (χ3v) is 5.70. The summed E-state index contributed by atoms with van der Waals surface area (Å²) in [4.78, 5) is 42.1. The number of likely N-dealkylation sites (tertiary alicyclic amines) is 1. The van der Waals surface area contributed by atoms with Crippen molar-refractivity contribution in [3.8, 4) is 0 Å². The van der Waals surface area contributed by atoms with E-state index < -0.39 is 6.03 Å². The molecule has 2 aliphatic heterocycles. The van der Waals surface area contributed by atoms with Crippen LogP contribution in [0.4, 0.5) is 4.79 Å². The van der Waals surface area contributed by atoms with E-state index in [0.29, 0.717) is 32.2 Å². The Bertz CT molecular complexity index is 584. The first-order valence-corrected chi connectivity index (χ1v) is 9.74. The molecule has 0 unspecified atom stereocenters. The van der Waals surface area contributed by atoms with Crippen LogP contribution >= 0.6 is 0 Å². The molecule has 9 heteroatoms. The standard InChI is InChI=1S/C18H31N5O4/c1-21(2)10-12-9-13(12)17(25)23-7-8-27-15-4-6-22(11-14(15)23)16(24)3-5-20-18(19)26/h12-15H,3-11H2,1-2H3,(H3,19,20,26)/t12-,13-,14-,15+/m0/s1. The predicted octanol–water partition coefficient (Wildman–Crippen LogP) is -0.929. The lowest BCUT2D eigenvalue weighted by Gasteiger charge is -2.47. The summed E-state index contributed by atoms with van der Waals surface area (Å²) in [6.45, 7) is 3.44. The Labute approximate surface area is 160 Å². The molecule has 0 spiro atoms. The molecule has 4 amide bonds. The van der Waals surface area contributed by atoms with Crippen molar-refractivity contribution in [1.29, 1.82) is 0 Å². The maximum Gasteiger partial charge on any atom is 0.312 e. The Morgan fingerprint density at radius 1 is 1.26 bits per heavy atom. The van der Waals surface area contributed by atoms with Crippen LogP contribution in [0.1, 0.15) is 19.3 Å². The van der Waals surface area contributed by atoms with E-state index >= 15 is 0 Å². The topological polar surface area (TPSA) is 108 Å². The van der Waals surface area contributed by atoms with Crippen molar-refractivity contribution >= 4 is 17.8 Å². The smallest absolute Gasteiger partial charge is 0.312 e. The van der Waals surface area contributed by atoms with Crippen LogP contribution in [0.5, 0.6) is 0 Å². The molecule has 3 aliphatic rings. The van der Waals surface area contributed by atoms with Crippen molar-refractivity contribution in [1.82, 2.24) is 20.0 Å². The summed E-state index contributed by atoms with van der Waals surface area (Å²) in [6.07, 6.45) is 1.90. The minimum atomic E-state index is -0.629. The van der Waals surface area contributed by atoms with Crippen LogP contribution in [0.25, 0.3) is 0 Å². The van der Waals surface area contributed by atoms with Gasteiger partial charge in [-0.15, -0.1) is 0 Å². The number of nitrogens with two attached hydrogens (primary N) is 1. The highest BCUT2D eigenvalue weighted by Crippen LogP contribution is 2.41. The van der Waals surface area contributed by atoms with E-state index in [4.69, 9.17) is 10.5 Å². The third-order valence-electron chi connectivity index (χ3n) is 5.70. The summed E-state index contributed by atoms with van der Waals surface area (Å²) in [5.74, 6) is 0.730. The van der Waals surface area contributed by atoms with Crippen molar-refractivity contribution in [3.63, 3.8) is 0 Å². The van der Waals surface area contributed by atoms with Gasteiger partial charge in [-0.25, -0.2) is 4.79 Å². The second-order valence-corrected chi connectivity index (χ2v) is 8.04. The Morgan fingerprint density at radius 3 is 2.74 bits per heavy atom. The lowest BCUT2D eigenvalue weighted by Crippen LogP contribution is -2.62. The van der Waals surface area contributed by atoms with Gasteiger partial charge >= 0.3 is 6.03 Å². The molecule has 0 aromatic heterocycles. The monoisotopic (exact) mass is 381 g/mol. The third kappa shape index (κ3) is 4.90. The zero-order chi connectivity index (χ0) is 19.6. The van der Waals surface area contributed by atoms with E-state index in [-0.39, 0.29) is 42.8 Å². The van der Waals surface area contributed by atoms with Gasteiger partial charge in [0.05, 0.1) is 18.8 Å². The molecule has 4 atom stereocenters. The Kier molecular flexibility index (Phi) is 6.21. The number of piperidine rings is 1. The second kappa shape index (κ2) is 8.43. The van der Waals surface area contributed by atoms with Crippen molar-refractivity contribution in [3.05, 3.63) is 0 Å². The van der Waals surface area contributed by atoms with Crippen LogP contribution in [-0.4, -0.2) is 98.1 Å². The summed E-state index contributed by atoms with van der Waals surface area (Å²) in [7, 11) is 4.06. The van der Waals surface area contributed by atoms with Gasteiger partial charge in [0.2, 0.25) is 11.8 Å². The number of hydrogen-bond donors (Lipinski definition) is 2. The number of rotatable bonds is 6. The van der Waals surface area contributed by atoms with E-state index in [1.54, 1.807) is 4.90 Å². The Balaban J connectivity index is 1.56. The fraction of sp³-hybridized carbons (Fsp3) is 0.833. The molecule has 3 rings (SSSR count). The number of carbonyl (C=O) groups is 3. The first-order chi connectivity index (χ1) is 12.9. The minimum absolute atomic E-state index is 0.00143. The fourth-order valence-electron chi connectivity index (χ4n) is 4.26. The lowest BCUT2D eigenvalue weighted by atomic mass is 9.97. The number of carbonyl (C=O) groups excluding carboxylic acids is 3. The molecule has 0 aromatic carbocycles. The zero-order valence-corrected chi connectivity index (χ0v) is 16.2. The van der Waals surface area contributed by atoms with Crippen molar-refractivity contribution in [2.45, 2.75) is 31.4 Å². The normalized spacial score (nSPS) is 30.0. The summed E-state index contributed by atoms with van der Waals surface area (Å²) >= 11 is 0. The molecule has 3 N–H and O–H groups in total. The number of ether oxygens (including phenoxy) is 1. The van der Waals surface area contributed by atoms with Gasteiger partial charge in [-0.1, -0.05) is 0 Å². The average molecular weight is 381 g/mol. The molecule has 1 aliphatic carbocycles. The first-order valence-electron chi connectivity index (χ1n) is 9.74. The summed E-state index contributed by atoms with van der Waals surface area (Å²) in [5, 5.41) is 2.44. The molecule has 1 saturated carbocycles. The van der Waals surface area contributed by atoms with Gasteiger partial charge in [-0.05, 0) is 32.9 Å². The molecule has 0 bridgehead atoms. The highest BCUT2D eigenvalue weighted by Gasteiger charge is 2.49. The van der Waals surface area contributed by atoms with Crippen LogP contribution in [0.3, 0.4) is 0 Å². The number of fused-ring (bicyclic) bond motifs is 1. The van der Waals surface area contributed by atoms with E-state index in [0.717, 1.165) is 19.4 Å². The van der Waals surface area contributed by atoms with Crippen LogP contribution in [0.15, 0.2) is 0 Å². The van der Waals surface area contributed by atoms with Crippen LogP contribution in [0.2, 0.25) is 0 Å². The van der Waals surface area contributed by atoms with Gasteiger partial charge < -0.3 is 30.5 Å². The van der Waals surface area contributed by atoms with Crippen LogP contribution in [0, 0.1) is 11.8 Å². The van der Waals surface area contributed by atoms with Gasteiger partial charge in [-0.3, -0.25) is 9.59 Å². The Hall–Kier alpha value is -1.87. The lowest BCUT2D eigenvalue weighted by molar-refractivity contribution is -0.159. The zero-order valence-electron chi connectivity index (χ0n) is 16.2. The maximum atomic E-state index is 13.0. The van der Waals surface area contributed by atoms with Gasteiger partial charge in [0.15, 0.2) is 0 Å². The molecule has 2 heterocycles. The highest BCUT2D eigenvalue weighted by molar-refractivity contribution is 5.82. The van der Waals surface area contributed by atoms with Crippen molar-refractivity contribution < 1.29 is 19.1 Å². The van der Waals surface area contributed by atoms with Gasteiger partial charge in [0.25, 0.3) is 0 Å². The first kappa shape index (κ1) is 19.9. The SMILES string of the molecule is CN(C)C[C@@H]1C[C@@H]1C(=O)N1CCO[C@@H]2CCN(C(=O)CCNC(N)=O)C[C@@H]21. The largest absolute Gasteiger partial charge is 0.374 e. The Morgan fingerprint density at radius 2 is 2.04 bits per heavy atom. The molecule has 27 heavy (non-hydrogen) atoms. The van der Waals surface area contributed by atoms with Gasteiger partial charge in [-0.2, -0.15) is 0 Å². The van der Waals surface area contributed by atoms with E-state index in [2.05, 4.69) is 10.2 Å². The van der Waals surface area contributed by atoms with Crippen molar-refractivity contribution in [2.75, 3.05) is 53.4 Å². The van der Waals surface area contributed by atoms with Crippen LogP contribution < -0.4 is 11.1 Å². The molecule has 9 nitrogen and oxygen atoms in total. The quantitative estimate of drug-likeness (QED) is 0.618. The van der Waals surface area contributed by atoms with E-state index in [9.17, 15) is 14.4 Å². The number of nitrogens with one attached hydrogen (secondary N) is 1. The van der Waals surface area contributed by atoms with Crippen LogP contribution in [-0.2, 0) is 14.3 Å². The van der Waals surface area contributed by atoms with Crippen molar-refractivity contribution in [2.24, 2.45) is 17.6 Å². The second-order valence-electron chi connectivity index (χ2n) is 8.04. The number of hydrogen-bond acceptors (Lipinski definition) is 5. The molecule has 0 aromatic rings. The molecular weight excluding hydrogens is 350 g/mol. The van der Waals surface area contributed by atoms with E-state index in [1.165, 1.54) is 0 Å². The van der Waals surface area contributed by atoms with Gasteiger partial charge in [0.1, 0.15) is 0 Å². The molecular formula is C18H31N5O4. The number of morpholine rings is 1. The fourth-order valence-corrected chi connectivity index (χ4v) is 4.26. The van der Waals surface area contributed by atoms with Gasteiger partial charge in [0, 0.05) is 45.1 Å². The molecule has 0 radical (unpaired) electrons. The highest BCUT2D eigenvalue weighted by atomic mass is 16.5. The molecule has 2 saturated heterocycles.